The predicted molar refractivity (Wildman–Crippen MR) is 363 cm³/mol. The second-order valence-corrected chi connectivity index (χ2v) is 25.0. The van der Waals surface area contributed by atoms with Crippen molar-refractivity contribution < 1.29 is 17.9 Å². The lowest BCUT2D eigenvalue weighted by Crippen LogP contribution is -2.57. The number of para-hydroxylation sites is 5. The molecule has 0 atom stereocenters. The van der Waals surface area contributed by atoms with E-state index in [-0.39, 0.29) is 28.3 Å². The Morgan fingerprint density at radius 3 is 1.18 bits per heavy atom. The van der Waals surface area contributed by atoms with Crippen molar-refractivity contribution in [2.75, 3.05) is 0 Å². The minimum Gasteiger partial charge on any atom is -0.458 e. The summed E-state index contributed by atoms with van der Waals surface area (Å²) in [6.45, 7) is -0.141. The van der Waals surface area contributed by atoms with Crippen LogP contribution in [0, 0.1) is 34.0 Å². The van der Waals surface area contributed by atoms with Crippen LogP contribution in [0.3, 0.4) is 0 Å². The molecule has 93 heavy (non-hydrogen) atoms. The summed E-state index contributed by atoms with van der Waals surface area (Å²) in [4.78, 5) is 14.6. The van der Waals surface area contributed by atoms with E-state index in [1.165, 1.54) is 24.3 Å². The summed E-state index contributed by atoms with van der Waals surface area (Å²) in [5.41, 5.74) is 12.8. The molecule has 0 aliphatic carbocycles. The fourth-order valence-electron chi connectivity index (χ4n) is 14.2. The third-order valence-electron chi connectivity index (χ3n) is 18.1. The number of nitrogens with zero attached hydrogens (tertiary/aromatic N) is 9. The molecule has 0 N–H and O–H groups in total. The van der Waals surface area contributed by atoms with Crippen LogP contribution in [0.15, 0.2) is 265 Å². The van der Waals surface area contributed by atoms with E-state index in [0.717, 1.165) is 121 Å². The molecule has 13 nitrogen and oxygen atoms in total. The Kier molecular flexibility index (Phi) is 11.6. The maximum Gasteiger partial charge on any atom is 0.260 e. The van der Waals surface area contributed by atoms with E-state index in [1.54, 1.807) is 12.1 Å². The highest BCUT2D eigenvalue weighted by Crippen LogP contribution is 2.51. The number of rotatable bonds is 8. The lowest BCUT2D eigenvalue weighted by Gasteiger charge is -2.33. The molecular formula is C78H42BN9O4S. The first-order chi connectivity index (χ1) is 45.8. The first-order valence-corrected chi connectivity index (χ1v) is 31.6. The van der Waals surface area contributed by atoms with Crippen molar-refractivity contribution in [2.45, 2.75) is 9.79 Å². The van der Waals surface area contributed by atoms with Crippen molar-refractivity contribution in [3.05, 3.63) is 271 Å². The van der Waals surface area contributed by atoms with E-state index in [4.69, 9.17) is 24.4 Å². The minimum atomic E-state index is -4.49. The van der Waals surface area contributed by atoms with Gasteiger partial charge in [0.2, 0.25) is 9.84 Å². The number of hydrogen-bond donors (Lipinski definition) is 0. The van der Waals surface area contributed by atoms with Gasteiger partial charge in [0.1, 0.15) is 40.0 Å². The van der Waals surface area contributed by atoms with E-state index in [2.05, 4.69) is 135 Å². The standard InChI is InChI=1S/C78H42BN9O4S/c80-43-46-39-50(44-81)75(51(40-46)45-82)93(89,90)55-37-35-53(36-38-55)87-62-27-13-8-22-57(62)69-73(87)68-56-21-7-12-26-61(56)86(52-33-31-49(32-34-52)78-84-76(47-17-3-1-4-18-47)83-77(85-78)48-19-5-2-6-20-48)72(68)70-58-23-9-14-28-63(58)88(74(69)70)54-41-66-71-67(42-54)92-65-30-16-11-25-60(65)79(71)59-24-10-15-29-64(59)91-66/h1-42H. The number of nitriles is 3. The van der Waals surface area contributed by atoms with Crippen LogP contribution < -0.4 is 25.9 Å². The molecule has 0 saturated heterocycles. The van der Waals surface area contributed by atoms with Gasteiger partial charge in [0.25, 0.3) is 6.71 Å². The molecule has 6 heterocycles. The zero-order chi connectivity index (χ0) is 62.2. The van der Waals surface area contributed by atoms with E-state index in [1.807, 2.05) is 115 Å². The number of sulfone groups is 1. The average Bonchev–Trinajstić information content (AvgIpc) is 1.51. The van der Waals surface area contributed by atoms with Gasteiger partial charge < -0.3 is 23.2 Å². The average molecular weight is 1210 g/mol. The van der Waals surface area contributed by atoms with Gasteiger partial charge in [0.15, 0.2) is 17.5 Å². The van der Waals surface area contributed by atoms with Gasteiger partial charge in [-0.25, -0.2) is 23.4 Å². The topological polar surface area (TPSA) is 177 Å². The highest BCUT2D eigenvalue weighted by molar-refractivity contribution is 7.91. The first-order valence-electron chi connectivity index (χ1n) is 30.1. The fraction of sp³-hybridized carbons (Fsp3) is 0. The smallest absolute Gasteiger partial charge is 0.260 e. The lowest BCUT2D eigenvalue weighted by molar-refractivity contribution is 0.464. The van der Waals surface area contributed by atoms with E-state index >= 15 is 0 Å². The van der Waals surface area contributed by atoms with Crippen LogP contribution in [0.1, 0.15) is 16.7 Å². The van der Waals surface area contributed by atoms with Gasteiger partial charge in [-0.15, -0.1) is 0 Å². The van der Waals surface area contributed by atoms with Crippen molar-refractivity contribution >= 4 is 98.4 Å². The summed E-state index contributed by atoms with van der Waals surface area (Å²) < 4.78 is 50.5. The molecule has 0 saturated carbocycles. The molecule has 4 aromatic heterocycles. The third kappa shape index (κ3) is 7.90. The van der Waals surface area contributed by atoms with Gasteiger partial charge in [0, 0.05) is 78.0 Å². The third-order valence-corrected chi connectivity index (χ3v) is 20.0. The Morgan fingerprint density at radius 1 is 0.376 bits per heavy atom. The van der Waals surface area contributed by atoms with Crippen LogP contribution in [-0.2, 0) is 9.84 Å². The lowest BCUT2D eigenvalue weighted by atomic mass is 9.35. The molecule has 15 heteroatoms. The highest BCUT2D eigenvalue weighted by atomic mass is 32.2. The Balaban J connectivity index is 0.935. The minimum absolute atomic E-state index is 0.00416. The highest BCUT2D eigenvalue weighted by Gasteiger charge is 2.41. The molecule has 0 spiro atoms. The molecule has 2 aliphatic rings. The SMILES string of the molecule is N#Cc1cc(C#N)c(S(=O)(=O)c2ccc(-n3c4ccccc4c4c3c3c5ccccc5n(-c5ccc(-c6nc(-c7ccccc7)nc(-c7ccccc7)n6)cc5)c3c3c5ccccc5n(-c5cc6c7c(c5)Oc5ccccc5B7c5ccccc5O6)c34)cc2)c(C#N)c1. The number of benzene rings is 12. The maximum absolute atomic E-state index is 14.8. The van der Waals surface area contributed by atoms with E-state index in [9.17, 15) is 24.2 Å². The van der Waals surface area contributed by atoms with Crippen LogP contribution >= 0.6 is 0 Å². The Hall–Kier alpha value is -12.9. The second kappa shape index (κ2) is 20.3. The van der Waals surface area contributed by atoms with Crippen LogP contribution in [0.25, 0.3) is 117 Å². The molecular weight excluding hydrogens is 1170 g/mol. The molecule has 12 aromatic carbocycles. The summed E-state index contributed by atoms with van der Waals surface area (Å²) >= 11 is 0. The summed E-state index contributed by atoms with van der Waals surface area (Å²) in [6.07, 6.45) is 0. The van der Waals surface area contributed by atoms with Gasteiger partial charge in [-0.3, -0.25) is 0 Å². The summed E-state index contributed by atoms with van der Waals surface area (Å²) in [5, 5.41) is 36.0. The Morgan fingerprint density at radius 2 is 0.753 bits per heavy atom. The molecule has 0 unspecified atom stereocenters. The van der Waals surface area contributed by atoms with Crippen LogP contribution in [0.5, 0.6) is 23.0 Å². The van der Waals surface area contributed by atoms with E-state index < -0.39 is 14.7 Å². The van der Waals surface area contributed by atoms with Gasteiger partial charge in [-0.05, 0) is 102 Å². The number of hydrogen-bond acceptors (Lipinski definition) is 10. The zero-order valence-corrected chi connectivity index (χ0v) is 49.7. The summed E-state index contributed by atoms with van der Waals surface area (Å²) in [7, 11) is -4.49. The molecule has 16 aromatic rings. The maximum atomic E-state index is 14.8. The van der Waals surface area contributed by atoms with Crippen molar-refractivity contribution in [3.8, 4) is 92.4 Å². The first kappa shape index (κ1) is 53.2. The van der Waals surface area contributed by atoms with Crippen LogP contribution in [0.2, 0.25) is 0 Å². The van der Waals surface area contributed by atoms with Gasteiger partial charge >= 0.3 is 0 Å². The molecule has 432 valence electrons. The number of ether oxygens (including phenoxy) is 2. The quantitative estimate of drug-likeness (QED) is 0.133. The predicted octanol–water partition coefficient (Wildman–Crippen LogP) is 15.3. The largest absolute Gasteiger partial charge is 0.458 e. The fourth-order valence-corrected chi connectivity index (χ4v) is 15.7. The van der Waals surface area contributed by atoms with Crippen LogP contribution in [-0.4, -0.2) is 43.8 Å². The molecule has 0 bridgehead atoms. The second-order valence-electron chi connectivity index (χ2n) is 23.1. The van der Waals surface area contributed by atoms with Gasteiger partial charge in [-0.1, -0.05) is 152 Å². The molecule has 0 radical (unpaired) electrons. The zero-order valence-electron chi connectivity index (χ0n) is 48.9. The number of fused-ring (bicyclic) bond motifs is 16. The molecule has 0 fully saturated rings. The van der Waals surface area contributed by atoms with Crippen molar-refractivity contribution in [1.82, 2.24) is 28.7 Å². The molecule has 0 amide bonds. The van der Waals surface area contributed by atoms with Crippen molar-refractivity contribution in [1.29, 1.82) is 15.8 Å². The Labute approximate surface area is 531 Å². The normalized spacial score (nSPS) is 12.3. The summed E-state index contributed by atoms with van der Waals surface area (Å²) in [5.74, 6) is 4.56. The van der Waals surface area contributed by atoms with Crippen molar-refractivity contribution in [3.63, 3.8) is 0 Å². The van der Waals surface area contributed by atoms with Crippen LogP contribution in [0.4, 0.5) is 0 Å². The Bertz CT molecular complexity index is 6020. The van der Waals surface area contributed by atoms with Gasteiger partial charge in [-0.2, -0.15) is 15.8 Å². The summed E-state index contributed by atoms with van der Waals surface area (Å²) in [6, 6.07) is 89.0. The van der Waals surface area contributed by atoms with E-state index in [0.29, 0.717) is 34.7 Å². The van der Waals surface area contributed by atoms with Gasteiger partial charge in [0.05, 0.1) is 66.4 Å². The van der Waals surface area contributed by atoms with Crippen molar-refractivity contribution in [2.24, 2.45) is 0 Å². The monoisotopic (exact) mass is 1210 g/mol. The molecule has 18 rings (SSSR count). The number of aromatic nitrogens is 6. The molecule has 2 aliphatic heterocycles.